The highest BCUT2D eigenvalue weighted by Gasteiger charge is 2.35. The summed E-state index contributed by atoms with van der Waals surface area (Å²) < 4.78 is 6.98. The molecule has 0 amide bonds. The van der Waals surface area contributed by atoms with Crippen LogP contribution in [0.1, 0.15) is 25.5 Å². The predicted octanol–water partition coefficient (Wildman–Crippen LogP) is 3.85. The average molecular weight is 396 g/mol. The molecule has 3 heterocycles. The van der Waals surface area contributed by atoms with Gasteiger partial charge in [-0.3, -0.25) is 4.98 Å². The van der Waals surface area contributed by atoms with Gasteiger partial charge in [-0.15, -0.1) is 5.10 Å². The van der Waals surface area contributed by atoms with Crippen molar-refractivity contribution < 1.29 is 9.53 Å². The van der Waals surface area contributed by atoms with Gasteiger partial charge in [-0.05, 0) is 49.7 Å². The molecule has 0 radical (unpaired) electrons. The smallest absolute Gasteiger partial charge is 0.338 e. The lowest BCUT2D eigenvalue weighted by Crippen LogP contribution is -2.29. The number of ether oxygens (including phenoxy) is 1. The number of aromatic nitrogens is 4. The van der Waals surface area contributed by atoms with Gasteiger partial charge in [0.25, 0.3) is 0 Å². The number of halogens is 1. The normalized spacial score (nSPS) is 15.8. The fraction of sp³-hybridized carbons (Fsp3) is 0.200. The van der Waals surface area contributed by atoms with Crippen LogP contribution in [0, 0.1) is 0 Å². The number of nitrogens with one attached hydrogen (secondary N) is 1. The molecule has 2 aromatic heterocycles. The Morgan fingerprint density at radius 2 is 2.07 bits per heavy atom. The van der Waals surface area contributed by atoms with Crippen molar-refractivity contribution in [2.24, 2.45) is 0 Å². The standard InChI is InChI=1S/C20H18ClN5O2/c1-3-28-19(27)16-12(2)23-20-24-18(13-6-8-15(21)9-7-13)25-26(20)17(16)14-5-4-10-22-11-14/h4-11,17H,3H2,1-2H3,(H,23,24,25). The maximum atomic E-state index is 12.7. The molecule has 1 N–H and O–H groups in total. The third kappa shape index (κ3) is 3.25. The van der Waals surface area contributed by atoms with E-state index < -0.39 is 12.0 Å². The maximum absolute atomic E-state index is 12.7. The molecule has 4 rings (SSSR count). The third-order valence-electron chi connectivity index (χ3n) is 4.45. The SMILES string of the molecule is CCOC(=O)C1=C(C)Nc2nc(-c3ccc(Cl)cc3)nn2C1c1cccnc1. The molecular formula is C20H18ClN5O2. The first-order valence-electron chi connectivity index (χ1n) is 8.85. The summed E-state index contributed by atoms with van der Waals surface area (Å²) in [5, 5.41) is 8.48. The highest BCUT2D eigenvalue weighted by molar-refractivity contribution is 6.30. The summed E-state index contributed by atoms with van der Waals surface area (Å²) in [5.74, 6) is 0.686. The van der Waals surface area contributed by atoms with Crippen LogP contribution in [0.15, 0.2) is 60.1 Å². The molecule has 1 aliphatic heterocycles. The highest BCUT2D eigenvalue weighted by Crippen LogP contribution is 2.36. The number of fused-ring (bicyclic) bond motifs is 1. The van der Waals surface area contributed by atoms with Crippen molar-refractivity contribution >= 4 is 23.5 Å². The van der Waals surface area contributed by atoms with Crippen LogP contribution in [0.3, 0.4) is 0 Å². The molecule has 0 aliphatic carbocycles. The number of pyridine rings is 1. The molecule has 1 atom stereocenters. The lowest BCUT2D eigenvalue weighted by molar-refractivity contribution is -0.139. The molecule has 0 bridgehead atoms. The van der Waals surface area contributed by atoms with E-state index in [0.717, 1.165) is 11.1 Å². The van der Waals surface area contributed by atoms with Gasteiger partial charge in [0.2, 0.25) is 5.95 Å². The van der Waals surface area contributed by atoms with Crippen molar-refractivity contribution in [2.45, 2.75) is 19.9 Å². The van der Waals surface area contributed by atoms with Crippen LogP contribution in [-0.4, -0.2) is 32.3 Å². The minimum absolute atomic E-state index is 0.287. The van der Waals surface area contributed by atoms with E-state index in [2.05, 4.69) is 20.4 Å². The number of hydrogen-bond acceptors (Lipinski definition) is 6. The van der Waals surface area contributed by atoms with Gasteiger partial charge < -0.3 is 10.1 Å². The molecule has 1 aromatic carbocycles. The van der Waals surface area contributed by atoms with Crippen molar-refractivity contribution in [2.75, 3.05) is 11.9 Å². The molecule has 0 spiro atoms. The molecule has 3 aromatic rings. The van der Waals surface area contributed by atoms with E-state index in [0.29, 0.717) is 28.1 Å². The van der Waals surface area contributed by atoms with Gasteiger partial charge in [0, 0.05) is 28.7 Å². The quantitative estimate of drug-likeness (QED) is 0.676. The summed E-state index contributed by atoms with van der Waals surface area (Å²) >= 11 is 5.98. The number of hydrogen-bond donors (Lipinski definition) is 1. The van der Waals surface area contributed by atoms with E-state index in [4.69, 9.17) is 16.3 Å². The highest BCUT2D eigenvalue weighted by atomic mass is 35.5. The summed E-state index contributed by atoms with van der Waals surface area (Å²) in [4.78, 5) is 21.5. The second-order valence-electron chi connectivity index (χ2n) is 6.28. The van der Waals surface area contributed by atoms with Crippen LogP contribution in [0.4, 0.5) is 5.95 Å². The number of esters is 1. The largest absolute Gasteiger partial charge is 0.463 e. The number of anilines is 1. The van der Waals surface area contributed by atoms with Gasteiger partial charge >= 0.3 is 5.97 Å². The van der Waals surface area contributed by atoms with Crippen molar-refractivity contribution in [3.63, 3.8) is 0 Å². The Kier molecular flexibility index (Phi) is 4.83. The Hall–Kier alpha value is -3.19. The van der Waals surface area contributed by atoms with Crippen LogP contribution in [0.5, 0.6) is 0 Å². The number of carbonyl (C=O) groups is 1. The molecule has 7 nitrogen and oxygen atoms in total. The Balaban J connectivity index is 1.84. The van der Waals surface area contributed by atoms with Crippen LogP contribution < -0.4 is 5.32 Å². The van der Waals surface area contributed by atoms with E-state index in [1.54, 1.807) is 36.1 Å². The number of allylic oxidation sites excluding steroid dienone is 1. The Bertz CT molecular complexity index is 1040. The van der Waals surface area contributed by atoms with Crippen LogP contribution in [0.25, 0.3) is 11.4 Å². The molecule has 8 heteroatoms. The number of rotatable bonds is 4. The van der Waals surface area contributed by atoms with Crippen molar-refractivity contribution in [3.8, 4) is 11.4 Å². The van der Waals surface area contributed by atoms with Gasteiger partial charge in [-0.2, -0.15) is 4.98 Å². The molecule has 1 unspecified atom stereocenters. The fourth-order valence-electron chi connectivity index (χ4n) is 3.19. The maximum Gasteiger partial charge on any atom is 0.338 e. The summed E-state index contributed by atoms with van der Waals surface area (Å²) in [6, 6.07) is 10.5. The first-order chi connectivity index (χ1) is 13.6. The molecule has 0 saturated carbocycles. The van der Waals surface area contributed by atoms with Crippen molar-refractivity contribution in [1.29, 1.82) is 0 Å². The Labute approximate surface area is 167 Å². The summed E-state index contributed by atoms with van der Waals surface area (Å²) in [6.45, 7) is 3.90. The molecule has 1 aliphatic rings. The number of carbonyl (C=O) groups excluding carboxylic acids is 1. The van der Waals surface area contributed by atoms with Gasteiger partial charge in [-0.1, -0.05) is 17.7 Å². The van der Waals surface area contributed by atoms with Crippen LogP contribution in [0.2, 0.25) is 5.02 Å². The minimum atomic E-state index is -0.488. The van der Waals surface area contributed by atoms with E-state index in [1.165, 1.54) is 0 Å². The van der Waals surface area contributed by atoms with Gasteiger partial charge in [0.05, 0.1) is 12.2 Å². The summed E-state index contributed by atoms with van der Waals surface area (Å²) in [5.41, 5.74) is 2.80. The average Bonchev–Trinajstić information content (AvgIpc) is 3.11. The fourth-order valence-corrected chi connectivity index (χ4v) is 3.32. The monoisotopic (exact) mass is 395 g/mol. The molecule has 0 fully saturated rings. The van der Waals surface area contributed by atoms with Crippen molar-refractivity contribution in [3.05, 3.63) is 70.6 Å². The van der Waals surface area contributed by atoms with E-state index in [1.807, 2.05) is 31.2 Å². The zero-order valence-electron chi connectivity index (χ0n) is 15.4. The van der Waals surface area contributed by atoms with Crippen LogP contribution in [-0.2, 0) is 9.53 Å². The minimum Gasteiger partial charge on any atom is -0.463 e. The lowest BCUT2D eigenvalue weighted by atomic mass is 9.97. The Morgan fingerprint density at radius 1 is 1.29 bits per heavy atom. The third-order valence-corrected chi connectivity index (χ3v) is 4.70. The van der Waals surface area contributed by atoms with E-state index >= 15 is 0 Å². The van der Waals surface area contributed by atoms with Crippen LogP contribution >= 0.6 is 11.6 Å². The molecular weight excluding hydrogens is 378 g/mol. The van der Waals surface area contributed by atoms with Crippen molar-refractivity contribution in [1.82, 2.24) is 19.7 Å². The molecule has 28 heavy (non-hydrogen) atoms. The number of nitrogens with zero attached hydrogens (tertiary/aromatic N) is 4. The van der Waals surface area contributed by atoms with Gasteiger partial charge in [-0.25, -0.2) is 9.48 Å². The van der Waals surface area contributed by atoms with Gasteiger partial charge in [0.1, 0.15) is 6.04 Å². The lowest BCUT2D eigenvalue weighted by Gasteiger charge is -2.27. The first kappa shape index (κ1) is 18.2. The zero-order chi connectivity index (χ0) is 19.7. The Morgan fingerprint density at radius 3 is 2.75 bits per heavy atom. The zero-order valence-corrected chi connectivity index (χ0v) is 16.1. The first-order valence-corrected chi connectivity index (χ1v) is 9.23. The topological polar surface area (TPSA) is 81.9 Å². The predicted molar refractivity (Wildman–Crippen MR) is 106 cm³/mol. The van der Waals surface area contributed by atoms with E-state index in [-0.39, 0.29) is 6.61 Å². The number of benzene rings is 1. The van der Waals surface area contributed by atoms with Gasteiger partial charge in [0.15, 0.2) is 5.82 Å². The second kappa shape index (κ2) is 7.44. The summed E-state index contributed by atoms with van der Waals surface area (Å²) in [6.07, 6.45) is 3.41. The molecule has 0 saturated heterocycles. The summed E-state index contributed by atoms with van der Waals surface area (Å²) in [7, 11) is 0. The second-order valence-corrected chi connectivity index (χ2v) is 6.72. The van der Waals surface area contributed by atoms with E-state index in [9.17, 15) is 4.79 Å². The molecule has 142 valence electrons.